The van der Waals surface area contributed by atoms with Crippen LogP contribution in [0.2, 0.25) is 0 Å². The third kappa shape index (κ3) is 0.435. The molecule has 15 heavy (non-hydrogen) atoms. The van der Waals surface area contributed by atoms with E-state index < -0.39 is 0 Å². The highest BCUT2D eigenvalue weighted by molar-refractivity contribution is 5.57. The van der Waals surface area contributed by atoms with Crippen LogP contribution in [-0.4, -0.2) is 0 Å². The molecule has 0 radical (unpaired) electrons. The standard InChI is InChI=1S/C15H18/c1-10-6-8-13-11(10)9-15(13)12-5-3-2-4-7-14(12,13)15/h10-12H,3,5-9H2,1H3/t10?,11?,12?,13?,14-,15?/m1/s1. The summed E-state index contributed by atoms with van der Waals surface area (Å²) in [6, 6.07) is 0. The average molecular weight is 198 g/mol. The van der Waals surface area contributed by atoms with Crippen LogP contribution >= 0.6 is 0 Å². The molecule has 5 unspecified atom stereocenters. The van der Waals surface area contributed by atoms with E-state index in [0.717, 1.165) is 34.0 Å². The van der Waals surface area contributed by atoms with E-state index in [2.05, 4.69) is 18.8 Å². The Morgan fingerprint density at radius 3 is 2.87 bits per heavy atom. The van der Waals surface area contributed by atoms with Gasteiger partial charge < -0.3 is 0 Å². The zero-order chi connectivity index (χ0) is 9.89. The smallest absolute Gasteiger partial charge is 0.0159 e. The quantitative estimate of drug-likeness (QED) is 0.524. The van der Waals surface area contributed by atoms with E-state index in [1.165, 1.54) is 25.7 Å². The summed E-state index contributed by atoms with van der Waals surface area (Å²) in [6.45, 7) is 2.50. The van der Waals surface area contributed by atoms with Gasteiger partial charge in [-0.2, -0.15) is 0 Å². The summed E-state index contributed by atoms with van der Waals surface area (Å²) >= 11 is 0. The summed E-state index contributed by atoms with van der Waals surface area (Å²) in [5.74, 6) is 10.1. The first-order valence-corrected chi connectivity index (χ1v) is 6.77. The SMILES string of the molecule is CC1CCC23C1CC21C2CCC#CC[C@@]231. The first-order valence-electron chi connectivity index (χ1n) is 6.77. The molecule has 0 heteroatoms. The van der Waals surface area contributed by atoms with Gasteiger partial charge in [-0.3, -0.25) is 0 Å². The molecule has 6 atom stereocenters. The second-order valence-corrected chi connectivity index (χ2v) is 6.86. The van der Waals surface area contributed by atoms with Gasteiger partial charge in [-0.25, -0.2) is 0 Å². The van der Waals surface area contributed by atoms with E-state index in [9.17, 15) is 0 Å². The first-order chi connectivity index (χ1) is 7.31. The molecule has 4 saturated carbocycles. The average Bonchev–Trinajstić information content (AvgIpc) is 2.88. The van der Waals surface area contributed by atoms with Crippen LogP contribution in [0.4, 0.5) is 0 Å². The minimum Gasteiger partial charge on any atom is -0.103 e. The maximum absolute atomic E-state index is 3.49. The highest BCUT2D eigenvalue weighted by Gasteiger charge is 3.09. The van der Waals surface area contributed by atoms with Crippen molar-refractivity contribution in [1.29, 1.82) is 0 Å². The monoisotopic (exact) mass is 198 g/mol. The van der Waals surface area contributed by atoms with E-state index in [4.69, 9.17) is 0 Å². The summed E-state index contributed by atoms with van der Waals surface area (Å²) < 4.78 is 0. The van der Waals surface area contributed by atoms with Crippen LogP contribution in [-0.2, 0) is 0 Å². The van der Waals surface area contributed by atoms with Crippen LogP contribution in [0.1, 0.15) is 45.4 Å². The molecule has 0 aromatic rings. The van der Waals surface area contributed by atoms with Crippen molar-refractivity contribution in [2.45, 2.75) is 45.4 Å². The van der Waals surface area contributed by atoms with E-state index in [0.29, 0.717) is 0 Å². The Bertz CT molecular complexity index is 439. The van der Waals surface area contributed by atoms with Crippen molar-refractivity contribution >= 4 is 0 Å². The van der Waals surface area contributed by atoms with Crippen LogP contribution < -0.4 is 0 Å². The molecule has 5 rings (SSSR count). The van der Waals surface area contributed by atoms with E-state index in [1.807, 2.05) is 0 Å². The lowest BCUT2D eigenvalue weighted by Gasteiger charge is -2.47. The van der Waals surface area contributed by atoms with Gasteiger partial charge in [-0.05, 0) is 59.7 Å². The van der Waals surface area contributed by atoms with Crippen molar-refractivity contribution in [2.75, 3.05) is 0 Å². The van der Waals surface area contributed by atoms with Gasteiger partial charge in [0.05, 0.1) is 0 Å². The molecule has 4 fully saturated rings. The lowest BCUT2D eigenvalue weighted by molar-refractivity contribution is 0.00692. The minimum absolute atomic E-state index is 0.791. The van der Waals surface area contributed by atoms with Gasteiger partial charge in [0.15, 0.2) is 0 Å². The summed E-state index contributed by atoms with van der Waals surface area (Å²) in [5, 5.41) is 0. The molecule has 0 amide bonds. The van der Waals surface area contributed by atoms with E-state index in [-0.39, 0.29) is 0 Å². The van der Waals surface area contributed by atoms with Gasteiger partial charge in [0.2, 0.25) is 0 Å². The van der Waals surface area contributed by atoms with E-state index in [1.54, 1.807) is 12.8 Å². The number of hydrogen-bond acceptors (Lipinski definition) is 0. The summed E-state index contributed by atoms with van der Waals surface area (Å²) in [7, 11) is 0. The molecule has 3 spiro atoms. The normalized spacial score (nSPS) is 70.9. The van der Waals surface area contributed by atoms with Crippen molar-refractivity contribution in [3.8, 4) is 11.8 Å². The van der Waals surface area contributed by atoms with Gasteiger partial charge in [0, 0.05) is 12.8 Å². The predicted molar refractivity (Wildman–Crippen MR) is 58.9 cm³/mol. The van der Waals surface area contributed by atoms with Crippen molar-refractivity contribution in [3.05, 3.63) is 0 Å². The molecule has 0 nitrogen and oxygen atoms in total. The van der Waals surface area contributed by atoms with Gasteiger partial charge in [0.1, 0.15) is 0 Å². The Kier molecular flexibility index (Phi) is 0.928. The van der Waals surface area contributed by atoms with Crippen molar-refractivity contribution in [3.63, 3.8) is 0 Å². The Labute approximate surface area is 91.8 Å². The third-order valence-corrected chi connectivity index (χ3v) is 7.34. The molecule has 5 aliphatic rings. The Morgan fingerprint density at radius 2 is 2.00 bits per heavy atom. The van der Waals surface area contributed by atoms with Gasteiger partial charge in [0.25, 0.3) is 0 Å². The van der Waals surface area contributed by atoms with Crippen LogP contribution in [0.15, 0.2) is 0 Å². The van der Waals surface area contributed by atoms with Crippen molar-refractivity contribution in [2.24, 2.45) is 34.0 Å². The largest absolute Gasteiger partial charge is 0.103 e. The summed E-state index contributed by atoms with van der Waals surface area (Å²) in [5.41, 5.74) is 2.53. The van der Waals surface area contributed by atoms with Crippen molar-refractivity contribution in [1.82, 2.24) is 0 Å². The molecule has 0 saturated heterocycles. The Morgan fingerprint density at radius 1 is 1.07 bits per heavy atom. The Balaban J connectivity index is 1.61. The fourth-order valence-electron chi connectivity index (χ4n) is 7.06. The number of hydrogen-bond donors (Lipinski definition) is 0. The molecule has 78 valence electrons. The molecule has 0 N–H and O–H groups in total. The number of rotatable bonds is 0. The van der Waals surface area contributed by atoms with Crippen LogP contribution in [0.3, 0.4) is 0 Å². The minimum atomic E-state index is 0.791. The maximum atomic E-state index is 3.49. The zero-order valence-electron chi connectivity index (χ0n) is 9.47. The van der Waals surface area contributed by atoms with Crippen LogP contribution in [0.25, 0.3) is 0 Å². The van der Waals surface area contributed by atoms with Crippen LogP contribution in [0, 0.1) is 45.8 Å². The lowest BCUT2D eigenvalue weighted by Crippen LogP contribution is -2.41. The maximum Gasteiger partial charge on any atom is 0.0159 e. The second kappa shape index (κ2) is 1.79. The summed E-state index contributed by atoms with van der Waals surface area (Å²) in [6.07, 6.45) is 8.60. The van der Waals surface area contributed by atoms with E-state index >= 15 is 0 Å². The lowest BCUT2D eigenvalue weighted by atomic mass is 9.57. The third-order valence-electron chi connectivity index (χ3n) is 7.34. The fraction of sp³-hybridized carbons (Fsp3) is 0.867. The zero-order valence-corrected chi connectivity index (χ0v) is 9.47. The molecule has 0 bridgehead atoms. The van der Waals surface area contributed by atoms with Gasteiger partial charge in [-0.15, -0.1) is 11.8 Å². The first kappa shape index (κ1) is 7.77. The second-order valence-electron chi connectivity index (χ2n) is 6.86. The molecule has 0 heterocycles. The molecular weight excluding hydrogens is 180 g/mol. The molecule has 0 aliphatic heterocycles. The Hall–Kier alpha value is -0.440. The summed E-state index contributed by atoms with van der Waals surface area (Å²) in [4.78, 5) is 0. The molecule has 5 aliphatic carbocycles. The van der Waals surface area contributed by atoms with Gasteiger partial charge >= 0.3 is 0 Å². The molecular formula is C15H18. The highest BCUT2D eigenvalue weighted by Crippen LogP contribution is 3.13. The molecule has 0 aromatic carbocycles. The van der Waals surface area contributed by atoms with Crippen molar-refractivity contribution < 1.29 is 0 Å². The topological polar surface area (TPSA) is 0 Å². The predicted octanol–water partition coefficient (Wildman–Crippen LogP) is 3.23. The molecule has 0 aromatic heterocycles. The fourth-order valence-corrected chi connectivity index (χ4v) is 7.06. The van der Waals surface area contributed by atoms with Crippen LogP contribution in [0.5, 0.6) is 0 Å². The van der Waals surface area contributed by atoms with Gasteiger partial charge in [-0.1, -0.05) is 6.92 Å². The highest BCUT2D eigenvalue weighted by atomic mass is 15.1.